The molecule has 0 amide bonds. The summed E-state index contributed by atoms with van der Waals surface area (Å²) in [5.41, 5.74) is 2.29. The summed E-state index contributed by atoms with van der Waals surface area (Å²) in [6.45, 7) is 4.61. The van der Waals surface area contributed by atoms with Gasteiger partial charge in [-0.15, -0.1) is 0 Å². The fourth-order valence-corrected chi connectivity index (χ4v) is 2.57. The van der Waals surface area contributed by atoms with Gasteiger partial charge in [0.25, 0.3) is 0 Å². The Balaban J connectivity index is 2.37. The molecule has 2 rings (SSSR count). The molecule has 0 saturated carbocycles. The van der Waals surface area contributed by atoms with E-state index in [1.54, 1.807) is 14.2 Å². The Morgan fingerprint density at radius 3 is 2.58 bits per heavy atom. The standard InChI is InChI=1S/C15H16INO2/c1-4-12-6-5-7-17(12)10-11-8-14(18-2)15(19-3)9-13(11)16/h4-9H,1,10H2,2-3H3. The molecule has 0 saturated heterocycles. The third-order valence-electron chi connectivity index (χ3n) is 2.97. The summed E-state index contributed by atoms with van der Waals surface area (Å²) in [5, 5.41) is 0. The highest BCUT2D eigenvalue weighted by Crippen LogP contribution is 2.31. The van der Waals surface area contributed by atoms with Gasteiger partial charge in [0.1, 0.15) is 0 Å². The van der Waals surface area contributed by atoms with E-state index in [0.717, 1.165) is 27.3 Å². The molecule has 0 radical (unpaired) electrons. The second-order valence-electron chi connectivity index (χ2n) is 4.06. The number of halogens is 1. The second kappa shape index (κ2) is 6.14. The molecule has 0 aliphatic heterocycles. The maximum absolute atomic E-state index is 5.35. The summed E-state index contributed by atoms with van der Waals surface area (Å²) in [5.74, 6) is 1.51. The molecule has 2 aromatic rings. The van der Waals surface area contributed by atoms with Gasteiger partial charge in [-0.25, -0.2) is 0 Å². The molecule has 19 heavy (non-hydrogen) atoms. The lowest BCUT2D eigenvalue weighted by Crippen LogP contribution is -2.03. The average Bonchev–Trinajstić information content (AvgIpc) is 2.87. The van der Waals surface area contributed by atoms with Crippen molar-refractivity contribution < 1.29 is 9.47 Å². The number of ether oxygens (including phenoxy) is 2. The minimum Gasteiger partial charge on any atom is -0.493 e. The van der Waals surface area contributed by atoms with Crippen LogP contribution >= 0.6 is 22.6 Å². The minimum atomic E-state index is 0.755. The minimum absolute atomic E-state index is 0.755. The molecule has 0 N–H and O–H groups in total. The maximum Gasteiger partial charge on any atom is 0.161 e. The number of aromatic nitrogens is 1. The van der Waals surface area contributed by atoms with Crippen LogP contribution in [-0.4, -0.2) is 18.8 Å². The molecule has 1 heterocycles. The highest BCUT2D eigenvalue weighted by Gasteiger charge is 2.10. The lowest BCUT2D eigenvalue weighted by Gasteiger charge is -2.13. The van der Waals surface area contributed by atoms with E-state index >= 15 is 0 Å². The maximum atomic E-state index is 5.35. The summed E-state index contributed by atoms with van der Waals surface area (Å²) in [6.07, 6.45) is 3.90. The molecule has 0 spiro atoms. The Hall–Kier alpha value is -1.43. The third kappa shape index (κ3) is 2.94. The Morgan fingerprint density at radius 2 is 1.95 bits per heavy atom. The molecule has 0 unspecified atom stereocenters. The lowest BCUT2D eigenvalue weighted by molar-refractivity contribution is 0.354. The van der Waals surface area contributed by atoms with Crippen LogP contribution in [0.3, 0.4) is 0 Å². The highest BCUT2D eigenvalue weighted by molar-refractivity contribution is 14.1. The lowest BCUT2D eigenvalue weighted by atomic mass is 10.2. The zero-order chi connectivity index (χ0) is 13.8. The summed E-state index contributed by atoms with van der Waals surface area (Å²) < 4.78 is 14.0. The third-order valence-corrected chi connectivity index (χ3v) is 3.97. The number of rotatable bonds is 5. The van der Waals surface area contributed by atoms with Crippen molar-refractivity contribution in [2.45, 2.75) is 6.54 Å². The van der Waals surface area contributed by atoms with E-state index in [2.05, 4.69) is 33.7 Å². The molecular formula is C15H16INO2. The van der Waals surface area contributed by atoms with E-state index in [9.17, 15) is 0 Å². The average molecular weight is 369 g/mol. The van der Waals surface area contributed by atoms with Gasteiger partial charge < -0.3 is 14.0 Å². The van der Waals surface area contributed by atoms with Gasteiger partial charge in [0.05, 0.1) is 14.2 Å². The van der Waals surface area contributed by atoms with Crippen molar-refractivity contribution >= 4 is 28.7 Å². The number of benzene rings is 1. The molecule has 0 fully saturated rings. The monoisotopic (exact) mass is 369 g/mol. The molecule has 4 heteroatoms. The van der Waals surface area contributed by atoms with Gasteiger partial charge in [-0.3, -0.25) is 0 Å². The number of hydrogen-bond acceptors (Lipinski definition) is 2. The number of hydrogen-bond donors (Lipinski definition) is 0. The van der Waals surface area contributed by atoms with Crippen molar-refractivity contribution in [1.29, 1.82) is 0 Å². The van der Waals surface area contributed by atoms with Gasteiger partial charge in [0.15, 0.2) is 11.5 Å². The summed E-state index contributed by atoms with van der Waals surface area (Å²) >= 11 is 2.32. The van der Waals surface area contributed by atoms with E-state index in [0.29, 0.717) is 0 Å². The number of nitrogens with zero attached hydrogens (tertiary/aromatic N) is 1. The van der Waals surface area contributed by atoms with E-state index < -0.39 is 0 Å². The van der Waals surface area contributed by atoms with Gasteiger partial charge in [-0.2, -0.15) is 0 Å². The Kier molecular flexibility index (Phi) is 4.52. The summed E-state index contributed by atoms with van der Waals surface area (Å²) in [6, 6.07) is 8.07. The van der Waals surface area contributed by atoms with Gasteiger partial charge in [0.2, 0.25) is 0 Å². The van der Waals surface area contributed by atoms with Crippen molar-refractivity contribution in [3.05, 3.63) is 51.9 Å². The van der Waals surface area contributed by atoms with Crippen LogP contribution in [0.5, 0.6) is 11.5 Å². The zero-order valence-corrected chi connectivity index (χ0v) is 13.2. The number of methoxy groups -OCH3 is 2. The van der Waals surface area contributed by atoms with Crippen molar-refractivity contribution in [3.63, 3.8) is 0 Å². The highest BCUT2D eigenvalue weighted by atomic mass is 127. The van der Waals surface area contributed by atoms with Crippen LogP contribution in [0.25, 0.3) is 6.08 Å². The van der Waals surface area contributed by atoms with Gasteiger partial charge in [-0.05, 0) is 58.5 Å². The Bertz CT molecular complexity index is 590. The first-order valence-corrected chi connectivity index (χ1v) is 6.95. The molecule has 0 aliphatic rings. The van der Waals surface area contributed by atoms with Crippen molar-refractivity contribution in [1.82, 2.24) is 4.57 Å². The molecule has 0 aliphatic carbocycles. The van der Waals surface area contributed by atoms with Crippen LogP contribution in [0.15, 0.2) is 37.0 Å². The van der Waals surface area contributed by atoms with Crippen LogP contribution in [0.2, 0.25) is 0 Å². The fraction of sp³-hybridized carbons (Fsp3) is 0.200. The molecule has 1 aromatic heterocycles. The first kappa shape index (κ1) is 14.0. The molecule has 1 aromatic carbocycles. The van der Waals surface area contributed by atoms with E-state index in [1.165, 1.54) is 5.56 Å². The smallest absolute Gasteiger partial charge is 0.161 e. The van der Waals surface area contributed by atoms with E-state index in [4.69, 9.17) is 9.47 Å². The molecule has 0 bridgehead atoms. The zero-order valence-electron chi connectivity index (χ0n) is 11.0. The predicted octanol–water partition coefficient (Wildman–Crippen LogP) is 3.80. The van der Waals surface area contributed by atoms with Crippen LogP contribution in [0.4, 0.5) is 0 Å². The van der Waals surface area contributed by atoms with Gasteiger partial charge in [0, 0.05) is 22.0 Å². The van der Waals surface area contributed by atoms with Crippen molar-refractivity contribution in [2.75, 3.05) is 14.2 Å². The molecule has 0 atom stereocenters. The molecular weight excluding hydrogens is 353 g/mol. The van der Waals surface area contributed by atoms with E-state index in [-0.39, 0.29) is 0 Å². The van der Waals surface area contributed by atoms with Crippen molar-refractivity contribution in [2.24, 2.45) is 0 Å². The normalized spacial score (nSPS) is 10.3. The largest absolute Gasteiger partial charge is 0.493 e. The Labute approximate surface area is 127 Å². The van der Waals surface area contributed by atoms with Crippen LogP contribution in [-0.2, 0) is 6.54 Å². The SMILES string of the molecule is C=Cc1cccn1Cc1cc(OC)c(OC)cc1I. The molecule has 3 nitrogen and oxygen atoms in total. The second-order valence-corrected chi connectivity index (χ2v) is 5.23. The quantitative estimate of drug-likeness (QED) is 0.749. The predicted molar refractivity (Wildman–Crippen MR) is 85.9 cm³/mol. The summed E-state index contributed by atoms with van der Waals surface area (Å²) in [7, 11) is 3.30. The van der Waals surface area contributed by atoms with Gasteiger partial charge >= 0.3 is 0 Å². The topological polar surface area (TPSA) is 23.4 Å². The van der Waals surface area contributed by atoms with Crippen LogP contribution in [0, 0.1) is 3.57 Å². The van der Waals surface area contributed by atoms with Crippen LogP contribution < -0.4 is 9.47 Å². The fourth-order valence-electron chi connectivity index (χ4n) is 1.96. The Morgan fingerprint density at radius 1 is 1.26 bits per heavy atom. The van der Waals surface area contributed by atoms with Crippen LogP contribution in [0.1, 0.15) is 11.3 Å². The van der Waals surface area contributed by atoms with Gasteiger partial charge in [-0.1, -0.05) is 6.58 Å². The summed E-state index contributed by atoms with van der Waals surface area (Å²) in [4.78, 5) is 0. The first-order valence-electron chi connectivity index (χ1n) is 5.87. The first-order chi connectivity index (χ1) is 9.19. The van der Waals surface area contributed by atoms with Crippen molar-refractivity contribution in [3.8, 4) is 11.5 Å². The molecule has 100 valence electrons. The van der Waals surface area contributed by atoms with E-state index in [1.807, 2.05) is 36.5 Å².